The van der Waals surface area contributed by atoms with Crippen molar-refractivity contribution in [2.45, 2.75) is 52.7 Å². The van der Waals surface area contributed by atoms with Gasteiger partial charge in [0.05, 0.1) is 6.10 Å². The first kappa shape index (κ1) is 14.9. The quantitative estimate of drug-likeness (QED) is 0.814. The predicted molar refractivity (Wildman–Crippen MR) is 73.2 cm³/mol. The van der Waals surface area contributed by atoms with E-state index in [1.807, 2.05) is 6.92 Å². The maximum Gasteiger partial charge on any atom is 0.0515 e. The molecule has 0 amide bonds. The van der Waals surface area contributed by atoms with E-state index in [1.165, 1.54) is 26.2 Å². The molecule has 0 radical (unpaired) electrons. The third-order valence-corrected chi connectivity index (χ3v) is 3.63. The first-order valence-corrected chi connectivity index (χ1v) is 6.94. The van der Waals surface area contributed by atoms with Crippen molar-refractivity contribution in [2.24, 2.45) is 5.92 Å². The highest BCUT2D eigenvalue weighted by Crippen LogP contribution is 2.17. The molecule has 0 aromatic heterocycles. The van der Waals surface area contributed by atoms with Crippen LogP contribution in [0, 0.1) is 5.92 Å². The number of hydrogen-bond donors (Lipinski definition) is 1. The van der Waals surface area contributed by atoms with Crippen LogP contribution in [-0.2, 0) is 0 Å². The summed E-state index contributed by atoms with van der Waals surface area (Å²) in [6.45, 7) is 16.8. The molecule has 17 heavy (non-hydrogen) atoms. The summed E-state index contributed by atoms with van der Waals surface area (Å²) in [6, 6.07) is 0. The molecule has 0 bridgehead atoms. The highest BCUT2D eigenvalue weighted by atomic mass is 16.3. The Morgan fingerprint density at radius 2 is 1.59 bits per heavy atom. The Morgan fingerprint density at radius 3 is 2.00 bits per heavy atom. The minimum absolute atomic E-state index is 0.166. The van der Waals surface area contributed by atoms with Crippen LogP contribution >= 0.6 is 0 Å². The molecule has 3 nitrogen and oxygen atoms in total. The Balaban J connectivity index is 2.28. The van der Waals surface area contributed by atoms with Crippen LogP contribution in [0.2, 0.25) is 0 Å². The van der Waals surface area contributed by atoms with Gasteiger partial charge in [-0.1, -0.05) is 6.92 Å². The lowest BCUT2D eigenvalue weighted by molar-refractivity contribution is 0.0517. The minimum atomic E-state index is -0.166. The highest BCUT2D eigenvalue weighted by molar-refractivity contribution is 4.82. The van der Waals surface area contributed by atoms with Crippen LogP contribution in [0.4, 0.5) is 0 Å². The van der Waals surface area contributed by atoms with E-state index >= 15 is 0 Å². The Kier molecular flexibility index (Phi) is 5.42. The summed E-state index contributed by atoms with van der Waals surface area (Å²) < 4.78 is 0. The minimum Gasteiger partial charge on any atom is -0.393 e. The summed E-state index contributed by atoms with van der Waals surface area (Å²) in [6.07, 6.45) is 0.750. The second-order valence-electron chi connectivity index (χ2n) is 6.65. The van der Waals surface area contributed by atoms with Gasteiger partial charge in [-0.05, 0) is 40.0 Å². The zero-order chi connectivity index (χ0) is 13.1. The monoisotopic (exact) mass is 242 g/mol. The molecule has 1 rings (SSSR count). The van der Waals surface area contributed by atoms with Gasteiger partial charge >= 0.3 is 0 Å². The Hall–Kier alpha value is -0.120. The van der Waals surface area contributed by atoms with E-state index in [2.05, 4.69) is 37.5 Å². The Labute approximate surface area is 107 Å². The molecule has 1 saturated heterocycles. The van der Waals surface area contributed by atoms with E-state index in [0.29, 0.717) is 11.5 Å². The molecule has 1 heterocycles. The molecular weight excluding hydrogens is 212 g/mol. The third kappa shape index (κ3) is 5.36. The molecule has 1 aliphatic heterocycles. The molecule has 2 unspecified atom stereocenters. The largest absolute Gasteiger partial charge is 0.393 e. The molecule has 0 aliphatic carbocycles. The summed E-state index contributed by atoms with van der Waals surface area (Å²) in [5, 5.41) is 9.37. The van der Waals surface area contributed by atoms with Gasteiger partial charge < -0.3 is 10.0 Å². The fourth-order valence-electron chi connectivity index (χ4n) is 2.70. The molecule has 0 spiro atoms. The standard InChI is InChI=1S/C14H30N2O/c1-12(10-13(2)17)11-15-6-8-16(9-7-15)14(3,4)5/h12-13,17H,6-11H2,1-5H3. The van der Waals surface area contributed by atoms with Gasteiger partial charge in [0.1, 0.15) is 0 Å². The molecule has 3 heteroatoms. The van der Waals surface area contributed by atoms with E-state index in [-0.39, 0.29) is 6.10 Å². The second-order valence-corrected chi connectivity index (χ2v) is 6.65. The van der Waals surface area contributed by atoms with Crippen molar-refractivity contribution >= 4 is 0 Å². The van der Waals surface area contributed by atoms with Gasteiger partial charge in [-0.25, -0.2) is 0 Å². The molecule has 2 atom stereocenters. The predicted octanol–water partition coefficient (Wildman–Crippen LogP) is 1.81. The van der Waals surface area contributed by atoms with Gasteiger partial charge in [0.2, 0.25) is 0 Å². The van der Waals surface area contributed by atoms with E-state index in [9.17, 15) is 5.11 Å². The molecule has 102 valence electrons. The van der Waals surface area contributed by atoms with Crippen molar-refractivity contribution < 1.29 is 5.11 Å². The van der Waals surface area contributed by atoms with E-state index < -0.39 is 0 Å². The smallest absolute Gasteiger partial charge is 0.0515 e. The fourth-order valence-corrected chi connectivity index (χ4v) is 2.70. The molecule has 1 fully saturated rings. The number of nitrogens with zero attached hydrogens (tertiary/aromatic N) is 2. The van der Waals surface area contributed by atoms with Crippen LogP contribution in [0.5, 0.6) is 0 Å². The highest BCUT2D eigenvalue weighted by Gasteiger charge is 2.26. The van der Waals surface area contributed by atoms with Crippen LogP contribution in [0.1, 0.15) is 41.0 Å². The van der Waals surface area contributed by atoms with E-state index in [1.54, 1.807) is 0 Å². The lowest BCUT2D eigenvalue weighted by atomic mass is 10.0. The number of hydrogen-bond acceptors (Lipinski definition) is 3. The van der Waals surface area contributed by atoms with Gasteiger partial charge in [-0.2, -0.15) is 0 Å². The van der Waals surface area contributed by atoms with Crippen LogP contribution in [-0.4, -0.2) is 59.3 Å². The van der Waals surface area contributed by atoms with E-state index in [0.717, 1.165) is 13.0 Å². The zero-order valence-corrected chi connectivity index (χ0v) is 12.2. The summed E-state index contributed by atoms with van der Waals surface area (Å²) in [4.78, 5) is 5.10. The molecule has 0 aromatic rings. The first-order chi connectivity index (χ1) is 7.79. The van der Waals surface area contributed by atoms with Gasteiger partial charge in [-0.15, -0.1) is 0 Å². The Morgan fingerprint density at radius 1 is 1.06 bits per heavy atom. The van der Waals surface area contributed by atoms with Gasteiger partial charge in [0.25, 0.3) is 0 Å². The molecule has 1 aliphatic rings. The SMILES string of the molecule is CC(O)CC(C)CN1CCN(C(C)(C)C)CC1. The van der Waals surface area contributed by atoms with Crippen LogP contribution in [0.25, 0.3) is 0 Å². The third-order valence-electron chi connectivity index (χ3n) is 3.63. The van der Waals surface area contributed by atoms with Crippen molar-refractivity contribution in [3.63, 3.8) is 0 Å². The van der Waals surface area contributed by atoms with Gasteiger partial charge in [0, 0.05) is 38.3 Å². The van der Waals surface area contributed by atoms with Crippen molar-refractivity contribution in [2.75, 3.05) is 32.7 Å². The average Bonchev–Trinajstić information content (AvgIpc) is 2.15. The lowest BCUT2D eigenvalue weighted by Gasteiger charge is -2.42. The van der Waals surface area contributed by atoms with Crippen molar-refractivity contribution in [1.82, 2.24) is 9.80 Å². The topological polar surface area (TPSA) is 26.7 Å². The molecule has 1 N–H and O–H groups in total. The van der Waals surface area contributed by atoms with E-state index in [4.69, 9.17) is 0 Å². The lowest BCUT2D eigenvalue weighted by Crippen LogP contribution is -2.54. The maximum absolute atomic E-state index is 9.37. The number of rotatable bonds is 4. The molecule has 0 aromatic carbocycles. The second kappa shape index (κ2) is 6.17. The summed E-state index contributed by atoms with van der Waals surface area (Å²) >= 11 is 0. The summed E-state index contributed by atoms with van der Waals surface area (Å²) in [7, 11) is 0. The normalized spacial score (nSPS) is 23.6. The van der Waals surface area contributed by atoms with Crippen molar-refractivity contribution in [3.05, 3.63) is 0 Å². The molecular formula is C14H30N2O. The molecule has 0 saturated carbocycles. The summed E-state index contributed by atoms with van der Waals surface area (Å²) in [5.74, 6) is 0.594. The number of aliphatic hydroxyl groups excluding tert-OH is 1. The zero-order valence-electron chi connectivity index (χ0n) is 12.2. The number of aliphatic hydroxyl groups is 1. The fraction of sp³-hybridized carbons (Fsp3) is 1.00. The van der Waals surface area contributed by atoms with Crippen LogP contribution in [0.15, 0.2) is 0 Å². The maximum atomic E-state index is 9.37. The Bertz CT molecular complexity index is 215. The number of piperazine rings is 1. The van der Waals surface area contributed by atoms with Crippen LogP contribution in [0.3, 0.4) is 0 Å². The average molecular weight is 242 g/mol. The van der Waals surface area contributed by atoms with Gasteiger partial charge in [0.15, 0.2) is 0 Å². The summed E-state index contributed by atoms with van der Waals surface area (Å²) in [5.41, 5.74) is 0.303. The van der Waals surface area contributed by atoms with Gasteiger partial charge in [-0.3, -0.25) is 4.90 Å². The first-order valence-electron chi connectivity index (χ1n) is 6.94. The van der Waals surface area contributed by atoms with Crippen molar-refractivity contribution in [1.29, 1.82) is 0 Å². The van der Waals surface area contributed by atoms with Crippen LogP contribution < -0.4 is 0 Å². The van der Waals surface area contributed by atoms with Crippen molar-refractivity contribution in [3.8, 4) is 0 Å².